The average Bonchev–Trinajstić information content (AvgIpc) is 2.99. The first-order chi connectivity index (χ1) is 7.20. The molecule has 1 N–H and O–H groups in total. The highest BCUT2D eigenvalue weighted by atomic mass is 16.5. The Morgan fingerprint density at radius 2 is 2.20 bits per heavy atom. The van der Waals surface area contributed by atoms with Gasteiger partial charge in [-0.2, -0.15) is 0 Å². The summed E-state index contributed by atoms with van der Waals surface area (Å²) in [6.45, 7) is 3.87. The van der Waals surface area contributed by atoms with Gasteiger partial charge in [-0.3, -0.25) is 0 Å². The minimum atomic E-state index is -0.196. The normalized spacial score (nSPS) is 27.9. The molecule has 86 valence electrons. The predicted octanol–water partition coefficient (Wildman–Crippen LogP) is 1.22. The summed E-state index contributed by atoms with van der Waals surface area (Å²) < 4.78 is 4.71. The van der Waals surface area contributed by atoms with Crippen LogP contribution in [0.3, 0.4) is 0 Å². The summed E-state index contributed by atoms with van der Waals surface area (Å²) in [5.41, 5.74) is 0. The van der Waals surface area contributed by atoms with Crippen LogP contribution in [0.15, 0.2) is 0 Å². The van der Waals surface area contributed by atoms with E-state index in [1.165, 1.54) is 20.0 Å². The molecular weight excluding hydrogens is 192 g/mol. The fraction of sp³-hybridized carbons (Fsp3) is 0.909. The lowest BCUT2D eigenvalue weighted by atomic mass is 10.1. The summed E-state index contributed by atoms with van der Waals surface area (Å²) in [6.07, 6.45) is 3.58. The molecule has 1 heterocycles. The lowest BCUT2D eigenvalue weighted by Gasteiger charge is -2.19. The van der Waals surface area contributed by atoms with Crippen molar-refractivity contribution in [2.24, 2.45) is 5.92 Å². The van der Waals surface area contributed by atoms with Gasteiger partial charge in [-0.1, -0.05) is 0 Å². The van der Waals surface area contributed by atoms with E-state index in [-0.39, 0.29) is 6.09 Å². The van der Waals surface area contributed by atoms with Crippen LogP contribution in [0, 0.1) is 5.92 Å². The van der Waals surface area contributed by atoms with Crippen LogP contribution in [0.1, 0.15) is 26.2 Å². The Labute approximate surface area is 91.0 Å². The highest BCUT2D eigenvalue weighted by molar-refractivity contribution is 5.67. The van der Waals surface area contributed by atoms with E-state index in [0.29, 0.717) is 12.1 Å². The number of nitrogens with zero attached hydrogens (tertiary/aromatic N) is 1. The number of methoxy groups -OCH3 is 1. The van der Waals surface area contributed by atoms with Crippen LogP contribution in [0.4, 0.5) is 4.79 Å². The number of hydrogen-bond acceptors (Lipinski definition) is 3. The molecule has 2 aliphatic rings. The Bertz CT molecular complexity index is 241. The molecule has 15 heavy (non-hydrogen) atoms. The molecule has 1 aliphatic heterocycles. The van der Waals surface area contributed by atoms with Gasteiger partial charge in [0.2, 0.25) is 0 Å². The Balaban J connectivity index is 1.74. The zero-order chi connectivity index (χ0) is 10.8. The molecule has 0 aromatic rings. The van der Waals surface area contributed by atoms with Crippen LogP contribution in [-0.2, 0) is 4.74 Å². The van der Waals surface area contributed by atoms with E-state index in [1.807, 2.05) is 0 Å². The lowest BCUT2D eigenvalue weighted by molar-refractivity contribution is 0.132. The number of likely N-dealkylation sites (tertiary alicyclic amines) is 1. The molecule has 0 spiro atoms. The van der Waals surface area contributed by atoms with Crippen LogP contribution in [0.5, 0.6) is 0 Å². The minimum Gasteiger partial charge on any atom is -0.453 e. The number of nitrogens with one attached hydrogen (secondary N) is 1. The fourth-order valence-electron chi connectivity index (χ4n) is 2.30. The van der Waals surface area contributed by atoms with E-state index in [2.05, 4.69) is 12.2 Å². The van der Waals surface area contributed by atoms with E-state index in [9.17, 15) is 4.79 Å². The summed E-state index contributed by atoms with van der Waals surface area (Å²) in [5, 5.41) is 3.60. The molecule has 4 heteroatoms. The zero-order valence-electron chi connectivity index (χ0n) is 9.53. The number of rotatable bonds is 3. The first-order valence-corrected chi connectivity index (χ1v) is 5.79. The molecule has 0 aromatic heterocycles. The van der Waals surface area contributed by atoms with Crippen molar-refractivity contribution < 1.29 is 9.53 Å². The second-order valence-corrected chi connectivity index (χ2v) is 4.69. The molecule has 2 atom stereocenters. The molecule has 0 radical (unpaired) electrons. The van der Waals surface area contributed by atoms with E-state index >= 15 is 0 Å². The maximum absolute atomic E-state index is 11.3. The summed E-state index contributed by atoms with van der Waals surface area (Å²) >= 11 is 0. The number of carbonyl (C=O) groups excluding carboxylic acids is 1. The van der Waals surface area contributed by atoms with Crippen molar-refractivity contribution in [2.45, 2.75) is 38.3 Å². The van der Waals surface area contributed by atoms with Gasteiger partial charge in [-0.15, -0.1) is 0 Å². The van der Waals surface area contributed by atoms with Gasteiger partial charge in [-0.25, -0.2) is 4.79 Å². The van der Waals surface area contributed by atoms with Gasteiger partial charge in [0.05, 0.1) is 7.11 Å². The Kier molecular flexibility index (Phi) is 3.14. The maximum atomic E-state index is 11.3. The smallest absolute Gasteiger partial charge is 0.409 e. The third kappa shape index (κ3) is 2.62. The molecule has 2 rings (SSSR count). The van der Waals surface area contributed by atoms with Gasteiger partial charge in [0.15, 0.2) is 0 Å². The van der Waals surface area contributed by atoms with E-state index < -0.39 is 0 Å². The van der Waals surface area contributed by atoms with Crippen LogP contribution < -0.4 is 5.32 Å². The van der Waals surface area contributed by atoms with Crippen molar-refractivity contribution in [1.82, 2.24) is 10.2 Å². The van der Waals surface area contributed by atoms with Gasteiger partial charge in [0, 0.05) is 25.2 Å². The SMILES string of the molecule is COC(=O)N1CCC(NC(C)C2CC2)C1. The average molecular weight is 212 g/mol. The molecule has 4 nitrogen and oxygen atoms in total. The number of carbonyl (C=O) groups is 1. The summed E-state index contributed by atoms with van der Waals surface area (Å²) in [5.74, 6) is 0.872. The Morgan fingerprint density at radius 1 is 1.47 bits per heavy atom. The van der Waals surface area contributed by atoms with Crippen molar-refractivity contribution in [2.75, 3.05) is 20.2 Å². The summed E-state index contributed by atoms with van der Waals surface area (Å²) in [7, 11) is 1.44. The van der Waals surface area contributed by atoms with Gasteiger partial charge in [0.1, 0.15) is 0 Å². The fourth-order valence-corrected chi connectivity index (χ4v) is 2.30. The number of amides is 1. The van der Waals surface area contributed by atoms with Crippen molar-refractivity contribution in [3.05, 3.63) is 0 Å². The second kappa shape index (κ2) is 4.39. The van der Waals surface area contributed by atoms with Crippen LogP contribution in [0.25, 0.3) is 0 Å². The van der Waals surface area contributed by atoms with Gasteiger partial charge in [0.25, 0.3) is 0 Å². The third-order valence-corrected chi connectivity index (χ3v) is 3.45. The largest absolute Gasteiger partial charge is 0.453 e. The standard InChI is InChI=1S/C11H20N2O2/c1-8(9-3-4-9)12-10-5-6-13(7-10)11(14)15-2/h8-10,12H,3-7H2,1-2H3. The van der Waals surface area contributed by atoms with E-state index in [1.54, 1.807) is 4.90 Å². The van der Waals surface area contributed by atoms with Crippen LogP contribution in [0.2, 0.25) is 0 Å². The highest BCUT2D eigenvalue weighted by Gasteiger charge is 2.32. The minimum absolute atomic E-state index is 0.196. The zero-order valence-corrected chi connectivity index (χ0v) is 9.53. The highest BCUT2D eigenvalue weighted by Crippen LogP contribution is 2.32. The van der Waals surface area contributed by atoms with Crippen molar-refractivity contribution >= 4 is 6.09 Å². The number of hydrogen-bond donors (Lipinski definition) is 1. The Morgan fingerprint density at radius 3 is 2.80 bits per heavy atom. The third-order valence-electron chi connectivity index (χ3n) is 3.45. The van der Waals surface area contributed by atoms with Gasteiger partial charge >= 0.3 is 6.09 Å². The lowest BCUT2D eigenvalue weighted by Crippen LogP contribution is -2.40. The van der Waals surface area contributed by atoms with Crippen molar-refractivity contribution in [3.8, 4) is 0 Å². The molecule has 1 amide bonds. The Hall–Kier alpha value is -0.770. The van der Waals surface area contributed by atoms with E-state index in [0.717, 1.165) is 25.4 Å². The predicted molar refractivity (Wildman–Crippen MR) is 57.7 cm³/mol. The molecule has 1 saturated heterocycles. The van der Waals surface area contributed by atoms with E-state index in [4.69, 9.17) is 4.74 Å². The molecule has 1 saturated carbocycles. The summed E-state index contributed by atoms with van der Waals surface area (Å²) in [4.78, 5) is 13.0. The van der Waals surface area contributed by atoms with Gasteiger partial charge in [-0.05, 0) is 32.1 Å². The van der Waals surface area contributed by atoms with Crippen LogP contribution >= 0.6 is 0 Å². The quantitative estimate of drug-likeness (QED) is 0.764. The topological polar surface area (TPSA) is 41.6 Å². The maximum Gasteiger partial charge on any atom is 0.409 e. The van der Waals surface area contributed by atoms with Crippen molar-refractivity contribution in [1.29, 1.82) is 0 Å². The first-order valence-electron chi connectivity index (χ1n) is 5.79. The molecule has 2 fully saturated rings. The molecule has 2 unspecified atom stereocenters. The van der Waals surface area contributed by atoms with Crippen molar-refractivity contribution in [3.63, 3.8) is 0 Å². The molecular formula is C11H20N2O2. The summed E-state index contributed by atoms with van der Waals surface area (Å²) in [6, 6.07) is 1.06. The second-order valence-electron chi connectivity index (χ2n) is 4.69. The van der Waals surface area contributed by atoms with Gasteiger partial charge < -0.3 is 15.0 Å². The van der Waals surface area contributed by atoms with Crippen LogP contribution in [-0.4, -0.2) is 43.3 Å². The number of ether oxygens (including phenoxy) is 1. The molecule has 0 aromatic carbocycles. The first kappa shape index (κ1) is 10.7. The monoisotopic (exact) mass is 212 g/mol. The molecule has 1 aliphatic carbocycles. The molecule has 0 bridgehead atoms.